The van der Waals surface area contributed by atoms with E-state index in [9.17, 15) is 4.79 Å². The third-order valence-electron chi connectivity index (χ3n) is 3.69. The molecular formula is C20H19NO3S. The van der Waals surface area contributed by atoms with Gasteiger partial charge in [0.25, 0.3) is 5.91 Å². The first-order chi connectivity index (χ1) is 12.2. The minimum atomic E-state index is -0.280. The molecule has 0 radical (unpaired) electrons. The summed E-state index contributed by atoms with van der Waals surface area (Å²) in [6.45, 7) is 1.96. The molecule has 4 nitrogen and oxygen atoms in total. The number of carbonyl (C=O) groups excluding carboxylic acids is 1. The number of carbonyl (C=O) groups is 1. The highest BCUT2D eigenvalue weighted by molar-refractivity contribution is 7.98. The summed E-state index contributed by atoms with van der Waals surface area (Å²) < 4.78 is 10.7. The number of hydrogen-bond acceptors (Lipinski definition) is 4. The van der Waals surface area contributed by atoms with E-state index in [1.807, 2.05) is 61.5 Å². The van der Waals surface area contributed by atoms with Gasteiger partial charge in [-0.05, 0) is 42.8 Å². The van der Waals surface area contributed by atoms with Gasteiger partial charge in [-0.1, -0.05) is 24.3 Å². The first-order valence-electron chi connectivity index (χ1n) is 7.87. The van der Waals surface area contributed by atoms with E-state index in [2.05, 4.69) is 5.32 Å². The summed E-state index contributed by atoms with van der Waals surface area (Å²) >= 11 is 1.66. The zero-order valence-electron chi connectivity index (χ0n) is 14.1. The minimum absolute atomic E-state index is 0.280. The molecule has 0 spiro atoms. The summed E-state index contributed by atoms with van der Waals surface area (Å²) in [6.07, 6.45) is 1.54. The van der Waals surface area contributed by atoms with Crippen molar-refractivity contribution < 1.29 is 13.9 Å². The van der Waals surface area contributed by atoms with E-state index in [0.717, 1.165) is 16.0 Å². The number of ether oxygens (including phenoxy) is 1. The number of methoxy groups -OCH3 is 1. The molecule has 128 valence electrons. The highest BCUT2D eigenvalue weighted by atomic mass is 32.2. The van der Waals surface area contributed by atoms with Gasteiger partial charge in [-0.2, -0.15) is 0 Å². The molecule has 3 aromatic rings. The number of hydrogen-bond donors (Lipinski definition) is 1. The largest absolute Gasteiger partial charge is 0.495 e. The fourth-order valence-electron chi connectivity index (χ4n) is 2.42. The van der Waals surface area contributed by atoms with Crippen LogP contribution in [0.15, 0.2) is 70.2 Å². The quantitative estimate of drug-likeness (QED) is 0.623. The second kappa shape index (κ2) is 7.94. The van der Waals surface area contributed by atoms with Crippen molar-refractivity contribution in [3.8, 4) is 5.75 Å². The molecule has 0 unspecified atom stereocenters. The fourth-order valence-corrected chi connectivity index (χ4v) is 3.32. The summed E-state index contributed by atoms with van der Waals surface area (Å²) in [6, 6.07) is 17.5. The summed E-state index contributed by atoms with van der Waals surface area (Å²) in [4.78, 5) is 13.8. The highest BCUT2D eigenvalue weighted by Crippen LogP contribution is 2.28. The molecule has 0 atom stereocenters. The van der Waals surface area contributed by atoms with Crippen LogP contribution in [0.25, 0.3) is 0 Å². The number of amides is 1. The molecule has 0 saturated heterocycles. The van der Waals surface area contributed by atoms with Gasteiger partial charge >= 0.3 is 0 Å². The molecule has 0 aliphatic carbocycles. The van der Waals surface area contributed by atoms with Crippen LogP contribution in [0.1, 0.15) is 21.7 Å². The Morgan fingerprint density at radius 2 is 1.96 bits per heavy atom. The molecule has 5 heteroatoms. The van der Waals surface area contributed by atoms with Crippen molar-refractivity contribution in [2.75, 3.05) is 12.4 Å². The van der Waals surface area contributed by atoms with Crippen molar-refractivity contribution in [2.45, 2.75) is 17.6 Å². The van der Waals surface area contributed by atoms with Crippen molar-refractivity contribution in [3.05, 3.63) is 77.7 Å². The number of nitrogens with one attached hydrogen (secondary N) is 1. The van der Waals surface area contributed by atoms with E-state index in [-0.39, 0.29) is 5.91 Å². The van der Waals surface area contributed by atoms with E-state index in [0.29, 0.717) is 22.9 Å². The second-order valence-electron chi connectivity index (χ2n) is 5.53. The van der Waals surface area contributed by atoms with Crippen LogP contribution in [0.4, 0.5) is 5.69 Å². The number of benzene rings is 2. The molecule has 0 aliphatic rings. The van der Waals surface area contributed by atoms with E-state index in [4.69, 9.17) is 9.15 Å². The Morgan fingerprint density at radius 3 is 2.72 bits per heavy atom. The summed E-state index contributed by atoms with van der Waals surface area (Å²) in [7, 11) is 1.58. The van der Waals surface area contributed by atoms with Gasteiger partial charge in [-0.25, -0.2) is 0 Å². The Balaban J connectivity index is 1.73. The van der Waals surface area contributed by atoms with Gasteiger partial charge in [0.15, 0.2) is 5.76 Å². The predicted molar refractivity (Wildman–Crippen MR) is 100 cm³/mol. The SMILES string of the molecule is COc1ccc(C)cc1NC(=O)c1occc1CSc1ccccc1. The first kappa shape index (κ1) is 17.2. The van der Waals surface area contributed by atoms with Crippen molar-refractivity contribution in [1.82, 2.24) is 0 Å². The lowest BCUT2D eigenvalue weighted by Gasteiger charge is -2.10. The molecule has 25 heavy (non-hydrogen) atoms. The molecule has 0 saturated carbocycles. The smallest absolute Gasteiger partial charge is 0.291 e. The van der Waals surface area contributed by atoms with Crippen LogP contribution < -0.4 is 10.1 Å². The Morgan fingerprint density at radius 1 is 1.16 bits per heavy atom. The maximum absolute atomic E-state index is 12.6. The molecule has 1 amide bonds. The van der Waals surface area contributed by atoms with Crippen molar-refractivity contribution in [3.63, 3.8) is 0 Å². The molecular weight excluding hydrogens is 334 g/mol. The van der Waals surface area contributed by atoms with E-state index in [1.165, 1.54) is 0 Å². The summed E-state index contributed by atoms with van der Waals surface area (Å²) in [5.41, 5.74) is 2.53. The van der Waals surface area contributed by atoms with Crippen LogP contribution in [0.5, 0.6) is 5.75 Å². The lowest BCUT2D eigenvalue weighted by molar-refractivity contribution is 0.0995. The van der Waals surface area contributed by atoms with Crippen LogP contribution in [-0.4, -0.2) is 13.0 Å². The normalized spacial score (nSPS) is 10.5. The van der Waals surface area contributed by atoms with Crippen LogP contribution in [0.3, 0.4) is 0 Å². The van der Waals surface area contributed by atoms with Gasteiger partial charge in [0.05, 0.1) is 19.1 Å². The van der Waals surface area contributed by atoms with Crippen LogP contribution in [0, 0.1) is 6.92 Å². The molecule has 0 aliphatic heterocycles. The maximum atomic E-state index is 12.6. The molecule has 0 fully saturated rings. The maximum Gasteiger partial charge on any atom is 0.291 e. The number of furan rings is 1. The van der Waals surface area contributed by atoms with Gasteiger partial charge in [-0.3, -0.25) is 4.79 Å². The summed E-state index contributed by atoms with van der Waals surface area (Å²) in [5.74, 6) is 1.32. The Bertz CT molecular complexity index is 858. The van der Waals surface area contributed by atoms with E-state index in [1.54, 1.807) is 25.1 Å². The van der Waals surface area contributed by atoms with Gasteiger partial charge in [0.1, 0.15) is 5.75 Å². The Hall–Kier alpha value is -2.66. The van der Waals surface area contributed by atoms with Crippen molar-refractivity contribution >= 4 is 23.4 Å². The minimum Gasteiger partial charge on any atom is -0.495 e. The lowest BCUT2D eigenvalue weighted by atomic mass is 10.2. The van der Waals surface area contributed by atoms with Gasteiger partial charge in [0.2, 0.25) is 0 Å². The monoisotopic (exact) mass is 353 g/mol. The number of anilines is 1. The zero-order valence-corrected chi connectivity index (χ0v) is 14.9. The standard InChI is InChI=1S/C20H19NO3S/c1-14-8-9-18(23-2)17(12-14)21-20(22)19-15(10-11-24-19)13-25-16-6-4-3-5-7-16/h3-12H,13H2,1-2H3,(H,21,22). The van der Waals surface area contributed by atoms with Gasteiger partial charge in [-0.15, -0.1) is 11.8 Å². The van der Waals surface area contributed by atoms with Gasteiger partial charge in [0, 0.05) is 16.2 Å². The predicted octanol–water partition coefficient (Wildman–Crippen LogP) is 5.14. The van der Waals surface area contributed by atoms with E-state index < -0.39 is 0 Å². The Labute approximate surface area is 151 Å². The van der Waals surface area contributed by atoms with Crippen LogP contribution >= 0.6 is 11.8 Å². The lowest BCUT2D eigenvalue weighted by Crippen LogP contribution is -2.13. The fraction of sp³-hybridized carbons (Fsp3) is 0.150. The average Bonchev–Trinajstić information content (AvgIpc) is 3.10. The third-order valence-corrected chi connectivity index (χ3v) is 4.75. The van der Waals surface area contributed by atoms with Crippen molar-refractivity contribution in [1.29, 1.82) is 0 Å². The highest BCUT2D eigenvalue weighted by Gasteiger charge is 2.17. The Kier molecular flexibility index (Phi) is 5.46. The zero-order chi connectivity index (χ0) is 17.6. The first-order valence-corrected chi connectivity index (χ1v) is 8.86. The molecule has 1 N–H and O–H groups in total. The molecule has 2 aromatic carbocycles. The van der Waals surface area contributed by atoms with Crippen LogP contribution in [0.2, 0.25) is 0 Å². The average molecular weight is 353 g/mol. The number of thioether (sulfide) groups is 1. The number of aryl methyl sites for hydroxylation is 1. The van der Waals surface area contributed by atoms with Crippen LogP contribution in [-0.2, 0) is 5.75 Å². The summed E-state index contributed by atoms with van der Waals surface area (Å²) in [5, 5.41) is 2.88. The molecule has 1 heterocycles. The molecule has 1 aromatic heterocycles. The van der Waals surface area contributed by atoms with Gasteiger partial charge < -0.3 is 14.5 Å². The third kappa shape index (κ3) is 4.25. The topological polar surface area (TPSA) is 51.5 Å². The molecule has 3 rings (SSSR count). The molecule has 0 bridgehead atoms. The number of rotatable bonds is 6. The van der Waals surface area contributed by atoms with E-state index >= 15 is 0 Å². The second-order valence-corrected chi connectivity index (χ2v) is 6.58. The van der Waals surface area contributed by atoms with Crippen molar-refractivity contribution in [2.24, 2.45) is 0 Å².